The largest absolute Gasteiger partial charge is 0.481 e. The number of alkyl halides is 1. The number of carboxylic acids is 1. The topological polar surface area (TPSA) is 57.5 Å². The van der Waals surface area contributed by atoms with E-state index in [1.807, 2.05) is 20.8 Å². The van der Waals surface area contributed by atoms with Crippen LogP contribution in [0.25, 0.3) is 0 Å². The van der Waals surface area contributed by atoms with Crippen LogP contribution in [-0.2, 0) is 4.79 Å². The molecule has 2 unspecified atom stereocenters. The Morgan fingerprint density at radius 3 is 2.17 bits per heavy atom. The van der Waals surface area contributed by atoms with Gasteiger partial charge in [-0.15, -0.1) is 11.6 Å². The average molecular weight is 195 g/mol. The maximum atomic E-state index is 10.2. The molecule has 3 nitrogen and oxygen atoms in total. The van der Waals surface area contributed by atoms with Gasteiger partial charge in [0.05, 0.1) is 17.9 Å². The SMILES string of the molecule is CC(C)(C)C(Cl)C(O)CC(=O)O. The van der Waals surface area contributed by atoms with Crippen molar-refractivity contribution in [2.45, 2.75) is 38.7 Å². The molecule has 0 aliphatic heterocycles. The predicted molar refractivity (Wildman–Crippen MR) is 47.4 cm³/mol. The fourth-order valence-corrected chi connectivity index (χ4v) is 0.949. The lowest BCUT2D eigenvalue weighted by molar-refractivity contribution is -0.139. The van der Waals surface area contributed by atoms with Gasteiger partial charge in [0.2, 0.25) is 0 Å². The Hall–Kier alpha value is -0.280. The summed E-state index contributed by atoms with van der Waals surface area (Å²) in [5.74, 6) is -1.03. The van der Waals surface area contributed by atoms with Crippen molar-refractivity contribution in [2.24, 2.45) is 5.41 Å². The van der Waals surface area contributed by atoms with Crippen LogP contribution in [0, 0.1) is 5.41 Å². The van der Waals surface area contributed by atoms with Gasteiger partial charge in [0.25, 0.3) is 0 Å². The molecule has 0 amide bonds. The first-order chi connectivity index (χ1) is 5.25. The third kappa shape index (κ3) is 3.93. The lowest BCUT2D eigenvalue weighted by Gasteiger charge is -2.28. The highest BCUT2D eigenvalue weighted by atomic mass is 35.5. The molecule has 0 aromatic carbocycles. The van der Waals surface area contributed by atoms with Crippen LogP contribution in [0.5, 0.6) is 0 Å². The number of hydrogen-bond acceptors (Lipinski definition) is 2. The molecule has 0 rings (SSSR count). The lowest BCUT2D eigenvalue weighted by Crippen LogP contribution is -2.34. The van der Waals surface area contributed by atoms with Crippen molar-refractivity contribution < 1.29 is 15.0 Å². The molecule has 0 saturated carbocycles. The first kappa shape index (κ1) is 11.7. The van der Waals surface area contributed by atoms with Gasteiger partial charge in [-0.3, -0.25) is 4.79 Å². The van der Waals surface area contributed by atoms with Gasteiger partial charge in [0.15, 0.2) is 0 Å². The van der Waals surface area contributed by atoms with Gasteiger partial charge in [-0.2, -0.15) is 0 Å². The number of aliphatic hydroxyl groups excluding tert-OH is 1. The summed E-state index contributed by atoms with van der Waals surface area (Å²) < 4.78 is 0. The number of carboxylic acid groups (broad SMARTS) is 1. The monoisotopic (exact) mass is 194 g/mol. The van der Waals surface area contributed by atoms with E-state index in [-0.39, 0.29) is 11.8 Å². The van der Waals surface area contributed by atoms with E-state index in [1.165, 1.54) is 0 Å². The summed E-state index contributed by atoms with van der Waals surface area (Å²) in [4.78, 5) is 10.2. The Bertz CT molecular complexity index is 162. The van der Waals surface area contributed by atoms with Crippen molar-refractivity contribution in [3.63, 3.8) is 0 Å². The second-order valence-corrected chi connectivity index (χ2v) is 4.40. The van der Waals surface area contributed by atoms with Gasteiger partial charge in [-0.25, -0.2) is 0 Å². The highest BCUT2D eigenvalue weighted by Gasteiger charge is 2.30. The van der Waals surface area contributed by atoms with Gasteiger partial charge < -0.3 is 10.2 Å². The molecule has 2 atom stereocenters. The molecule has 4 heteroatoms. The number of hydrogen-bond donors (Lipinski definition) is 2. The van der Waals surface area contributed by atoms with Gasteiger partial charge in [0, 0.05) is 0 Å². The molecule has 0 spiro atoms. The molecule has 0 aromatic heterocycles. The normalized spacial score (nSPS) is 17.1. The molecule has 0 aliphatic carbocycles. The number of rotatable bonds is 3. The summed E-state index contributed by atoms with van der Waals surface area (Å²) in [5.41, 5.74) is -0.281. The van der Waals surface area contributed by atoms with E-state index in [1.54, 1.807) is 0 Å². The van der Waals surface area contributed by atoms with Crippen LogP contribution in [-0.4, -0.2) is 27.7 Å². The Balaban J connectivity index is 4.10. The molecule has 0 aromatic rings. The Morgan fingerprint density at radius 2 is 1.92 bits per heavy atom. The molecular weight excluding hydrogens is 180 g/mol. The number of aliphatic carboxylic acids is 1. The van der Waals surface area contributed by atoms with Crippen molar-refractivity contribution in [1.82, 2.24) is 0 Å². The molecule has 12 heavy (non-hydrogen) atoms. The fourth-order valence-electron chi connectivity index (χ4n) is 0.860. The Morgan fingerprint density at radius 1 is 1.50 bits per heavy atom. The molecule has 2 N–H and O–H groups in total. The van der Waals surface area contributed by atoms with Gasteiger partial charge in [-0.05, 0) is 5.41 Å². The summed E-state index contributed by atoms with van der Waals surface area (Å²) >= 11 is 5.84. The second kappa shape index (κ2) is 4.10. The molecule has 0 fully saturated rings. The van der Waals surface area contributed by atoms with E-state index < -0.39 is 17.5 Å². The summed E-state index contributed by atoms with van der Waals surface area (Å²) in [6.07, 6.45) is -1.28. The Kier molecular flexibility index (Phi) is 4.00. The smallest absolute Gasteiger partial charge is 0.306 e. The molecule has 0 radical (unpaired) electrons. The number of aliphatic hydroxyl groups is 1. The van der Waals surface area contributed by atoms with E-state index in [0.29, 0.717) is 0 Å². The zero-order valence-corrected chi connectivity index (χ0v) is 8.30. The second-order valence-electron chi connectivity index (χ2n) is 3.93. The maximum absolute atomic E-state index is 10.2. The third-order valence-electron chi connectivity index (χ3n) is 1.55. The van der Waals surface area contributed by atoms with Crippen LogP contribution < -0.4 is 0 Å². The van der Waals surface area contributed by atoms with Crippen molar-refractivity contribution >= 4 is 17.6 Å². The molecule has 0 aliphatic rings. The Labute approximate surface area is 77.3 Å². The summed E-state index contributed by atoms with van der Waals surface area (Å²) in [6, 6.07) is 0. The molecule has 72 valence electrons. The van der Waals surface area contributed by atoms with Crippen LogP contribution in [0.15, 0.2) is 0 Å². The zero-order chi connectivity index (χ0) is 9.94. The molecule has 0 heterocycles. The summed E-state index contributed by atoms with van der Waals surface area (Å²) in [7, 11) is 0. The van der Waals surface area contributed by atoms with Crippen molar-refractivity contribution in [3.8, 4) is 0 Å². The first-order valence-corrected chi connectivity index (χ1v) is 4.22. The highest BCUT2D eigenvalue weighted by molar-refractivity contribution is 6.21. The van der Waals surface area contributed by atoms with Crippen molar-refractivity contribution in [2.75, 3.05) is 0 Å². The molecule has 0 saturated heterocycles. The minimum atomic E-state index is -1.03. The van der Waals surface area contributed by atoms with Crippen LogP contribution in [0.3, 0.4) is 0 Å². The zero-order valence-electron chi connectivity index (χ0n) is 7.54. The van der Waals surface area contributed by atoms with E-state index in [9.17, 15) is 9.90 Å². The van der Waals surface area contributed by atoms with Crippen molar-refractivity contribution in [1.29, 1.82) is 0 Å². The van der Waals surface area contributed by atoms with Gasteiger partial charge in [0.1, 0.15) is 0 Å². The predicted octanol–water partition coefficient (Wildman–Crippen LogP) is 1.48. The quantitative estimate of drug-likeness (QED) is 0.670. The standard InChI is InChI=1S/C8H15ClO3/c1-8(2,3)7(9)5(10)4-6(11)12/h5,7,10H,4H2,1-3H3,(H,11,12). The number of halogens is 1. The van der Waals surface area contributed by atoms with Crippen LogP contribution in [0.2, 0.25) is 0 Å². The van der Waals surface area contributed by atoms with E-state index in [4.69, 9.17) is 16.7 Å². The fraction of sp³-hybridized carbons (Fsp3) is 0.875. The van der Waals surface area contributed by atoms with E-state index >= 15 is 0 Å². The molecular formula is C8H15ClO3. The van der Waals surface area contributed by atoms with Crippen LogP contribution in [0.1, 0.15) is 27.2 Å². The van der Waals surface area contributed by atoms with E-state index in [0.717, 1.165) is 0 Å². The molecule has 0 bridgehead atoms. The minimum absolute atomic E-state index is 0.281. The number of carbonyl (C=O) groups is 1. The first-order valence-electron chi connectivity index (χ1n) is 3.79. The van der Waals surface area contributed by atoms with E-state index in [2.05, 4.69) is 0 Å². The summed E-state index contributed by atoms with van der Waals surface area (Å²) in [5, 5.41) is 17.2. The van der Waals surface area contributed by atoms with Gasteiger partial charge in [-0.1, -0.05) is 20.8 Å². The average Bonchev–Trinajstić information content (AvgIpc) is 1.82. The third-order valence-corrected chi connectivity index (χ3v) is 2.49. The van der Waals surface area contributed by atoms with Crippen LogP contribution in [0.4, 0.5) is 0 Å². The van der Waals surface area contributed by atoms with Crippen molar-refractivity contribution in [3.05, 3.63) is 0 Å². The maximum Gasteiger partial charge on any atom is 0.306 e. The van der Waals surface area contributed by atoms with Crippen LogP contribution >= 0.6 is 11.6 Å². The van der Waals surface area contributed by atoms with Gasteiger partial charge >= 0.3 is 5.97 Å². The highest BCUT2D eigenvalue weighted by Crippen LogP contribution is 2.28. The minimum Gasteiger partial charge on any atom is -0.481 e. The lowest BCUT2D eigenvalue weighted by atomic mass is 9.87. The summed E-state index contributed by atoms with van der Waals surface area (Å²) in [6.45, 7) is 5.57.